The van der Waals surface area contributed by atoms with Crippen LogP contribution in [-0.2, 0) is 0 Å². The summed E-state index contributed by atoms with van der Waals surface area (Å²) in [7, 11) is 4.07. The molecule has 1 aliphatic rings. The van der Waals surface area contributed by atoms with Gasteiger partial charge >= 0.3 is 6.03 Å². The van der Waals surface area contributed by atoms with E-state index in [-0.39, 0.29) is 18.7 Å². The number of hydrogen-bond donors (Lipinski definition) is 2. The maximum absolute atomic E-state index is 12.0. The van der Waals surface area contributed by atoms with Crippen LogP contribution in [0.3, 0.4) is 0 Å². The molecule has 2 N–H and O–H groups in total. The summed E-state index contributed by atoms with van der Waals surface area (Å²) in [6.45, 7) is 4.79. The third-order valence-electron chi connectivity index (χ3n) is 3.54. The Labute approximate surface area is 110 Å². The SMILES string of the molecule is CC(CCN(C)C)NC(=O)N1CCC(CO)CC1. The van der Waals surface area contributed by atoms with Crippen LogP contribution < -0.4 is 5.32 Å². The van der Waals surface area contributed by atoms with Crippen molar-refractivity contribution >= 4 is 6.03 Å². The van der Waals surface area contributed by atoms with Gasteiger partial charge in [0, 0.05) is 25.7 Å². The first-order chi connectivity index (χ1) is 8.52. The maximum Gasteiger partial charge on any atom is 0.317 e. The van der Waals surface area contributed by atoms with Gasteiger partial charge < -0.3 is 20.2 Å². The number of nitrogens with zero attached hydrogens (tertiary/aromatic N) is 2. The third kappa shape index (κ3) is 5.23. The highest BCUT2D eigenvalue weighted by molar-refractivity contribution is 5.74. The Bertz CT molecular complexity index is 251. The van der Waals surface area contributed by atoms with Gasteiger partial charge in [0.1, 0.15) is 0 Å². The molecule has 1 fully saturated rings. The molecule has 0 aromatic rings. The number of amides is 2. The lowest BCUT2D eigenvalue weighted by Gasteiger charge is -2.32. The molecule has 0 aliphatic carbocycles. The number of carbonyl (C=O) groups is 1. The predicted octanol–water partition coefficient (Wildman–Crippen LogP) is 0.741. The van der Waals surface area contributed by atoms with Gasteiger partial charge in [0.15, 0.2) is 0 Å². The van der Waals surface area contributed by atoms with E-state index in [9.17, 15) is 4.79 Å². The summed E-state index contributed by atoms with van der Waals surface area (Å²) in [4.78, 5) is 16.0. The van der Waals surface area contributed by atoms with Crippen LogP contribution in [-0.4, -0.2) is 67.3 Å². The molecule has 106 valence electrons. The van der Waals surface area contributed by atoms with Crippen LogP contribution in [0.5, 0.6) is 0 Å². The molecule has 0 aromatic carbocycles. The second kappa shape index (κ2) is 7.59. The summed E-state index contributed by atoms with van der Waals surface area (Å²) in [6, 6.07) is 0.244. The van der Waals surface area contributed by atoms with Gasteiger partial charge in [0.2, 0.25) is 0 Å². The Morgan fingerprint density at radius 1 is 1.44 bits per heavy atom. The molecule has 1 aliphatic heterocycles. The molecule has 1 saturated heterocycles. The highest BCUT2D eigenvalue weighted by Crippen LogP contribution is 2.16. The van der Waals surface area contributed by atoms with Gasteiger partial charge in [-0.3, -0.25) is 0 Å². The van der Waals surface area contributed by atoms with E-state index < -0.39 is 0 Å². The lowest BCUT2D eigenvalue weighted by atomic mass is 9.98. The quantitative estimate of drug-likeness (QED) is 0.764. The Balaban J connectivity index is 2.24. The zero-order valence-corrected chi connectivity index (χ0v) is 11.9. The average Bonchev–Trinajstić information content (AvgIpc) is 2.36. The highest BCUT2D eigenvalue weighted by atomic mass is 16.3. The van der Waals surface area contributed by atoms with Gasteiger partial charge in [-0.25, -0.2) is 4.79 Å². The topological polar surface area (TPSA) is 55.8 Å². The molecule has 1 rings (SSSR count). The monoisotopic (exact) mass is 257 g/mol. The number of urea groups is 1. The Morgan fingerprint density at radius 2 is 2.06 bits per heavy atom. The molecular weight excluding hydrogens is 230 g/mol. The van der Waals surface area contributed by atoms with Crippen molar-refractivity contribution in [2.45, 2.75) is 32.2 Å². The molecule has 0 saturated carbocycles. The molecule has 0 bridgehead atoms. The van der Waals surface area contributed by atoms with Crippen LogP contribution in [0.2, 0.25) is 0 Å². The summed E-state index contributed by atoms with van der Waals surface area (Å²) >= 11 is 0. The molecular formula is C13H27N3O2. The van der Waals surface area contributed by atoms with Gasteiger partial charge in [-0.2, -0.15) is 0 Å². The van der Waals surface area contributed by atoms with E-state index in [0.29, 0.717) is 5.92 Å². The number of likely N-dealkylation sites (tertiary alicyclic amines) is 1. The van der Waals surface area contributed by atoms with Crippen molar-refractivity contribution in [3.63, 3.8) is 0 Å². The van der Waals surface area contributed by atoms with Crippen molar-refractivity contribution in [3.05, 3.63) is 0 Å². The normalized spacial score (nSPS) is 19.1. The summed E-state index contributed by atoms with van der Waals surface area (Å²) in [6.07, 6.45) is 2.79. The van der Waals surface area contributed by atoms with Gasteiger partial charge in [0.25, 0.3) is 0 Å². The van der Waals surface area contributed by atoms with Crippen molar-refractivity contribution in [1.29, 1.82) is 0 Å². The van der Waals surface area contributed by atoms with E-state index in [0.717, 1.165) is 38.9 Å². The molecule has 5 heteroatoms. The molecule has 0 radical (unpaired) electrons. The Kier molecular flexibility index (Phi) is 6.43. The lowest BCUT2D eigenvalue weighted by Crippen LogP contribution is -2.47. The van der Waals surface area contributed by atoms with Crippen LogP contribution in [0.1, 0.15) is 26.2 Å². The van der Waals surface area contributed by atoms with Crippen molar-refractivity contribution in [2.75, 3.05) is 40.3 Å². The molecule has 2 amide bonds. The second-order valence-corrected chi connectivity index (χ2v) is 5.56. The molecule has 18 heavy (non-hydrogen) atoms. The molecule has 5 nitrogen and oxygen atoms in total. The minimum Gasteiger partial charge on any atom is -0.396 e. The standard InChI is InChI=1S/C13H27N3O2/c1-11(4-7-15(2)3)14-13(18)16-8-5-12(10-17)6-9-16/h11-12,17H,4-10H2,1-3H3,(H,14,18). The van der Waals surface area contributed by atoms with Gasteiger partial charge in [-0.15, -0.1) is 0 Å². The highest BCUT2D eigenvalue weighted by Gasteiger charge is 2.22. The first-order valence-corrected chi connectivity index (χ1v) is 6.84. The summed E-state index contributed by atoms with van der Waals surface area (Å²) in [5.41, 5.74) is 0. The fraction of sp³-hybridized carbons (Fsp3) is 0.923. The Hall–Kier alpha value is -0.810. The lowest BCUT2D eigenvalue weighted by molar-refractivity contribution is 0.135. The molecule has 1 heterocycles. The number of rotatable bonds is 5. The van der Waals surface area contributed by atoms with Gasteiger partial charge in [-0.05, 0) is 52.7 Å². The van der Waals surface area contributed by atoms with Crippen LogP contribution in [0.25, 0.3) is 0 Å². The number of aliphatic hydroxyl groups excluding tert-OH is 1. The Morgan fingerprint density at radius 3 is 2.56 bits per heavy atom. The van der Waals surface area contributed by atoms with Crippen LogP contribution in [0.4, 0.5) is 4.79 Å². The van der Waals surface area contributed by atoms with E-state index >= 15 is 0 Å². The van der Waals surface area contributed by atoms with Crippen molar-refractivity contribution < 1.29 is 9.90 Å². The largest absolute Gasteiger partial charge is 0.396 e. The minimum atomic E-state index is 0.0395. The van der Waals surface area contributed by atoms with E-state index in [1.807, 2.05) is 25.9 Å². The van der Waals surface area contributed by atoms with E-state index in [4.69, 9.17) is 5.11 Å². The van der Waals surface area contributed by atoms with Gasteiger partial charge in [-0.1, -0.05) is 0 Å². The van der Waals surface area contributed by atoms with Crippen molar-refractivity contribution in [2.24, 2.45) is 5.92 Å². The van der Waals surface area contributed by atoms with Crippen molar-refractivity contribution in [3.8, 4) is 0 Å². The first kappa shape index (κ1) is 15.2. The average molecular weight is 257 g/mol. The number of carbonyl (C=O) groups excluding carboxylic acids is 1. The smallest absolute Gasteiger partial charge is 0.317 e. The van der Waals surface area contributed by atoms with Crippen LogP contribution in [0.15, 0.2) is 0 Å². The molecule has 1 unspecified atom stereocenters. The maximum atomic E-state index is 12.0. The summed E-state index contributed by atoms with van der Waals surface area (Å²) in [5, 5.41) is 12.1. The van der Waals surface area contributed by atoms with Crippen LogP contribution >= 0.6 is 0 Å². The van der Waals surface area contributed by atoms with E-state index in [1.165, 1.54) is 0 Å². The van der Waals surface area contributed by atoms with Gasteiger partial charge in [0.05, 0.1) is 0 Å². The minimum absolute atomic E-state index is 0.0395. The fourth-order valence-electron chi connectivity index (χ4n) is 2.14. The second-order valence-electron chi connectivity index (χ2n) is 5.56. The summed E-state index contributed by atoms with van der Waals surface area (Å²) < 4.78 is 0. The fourth-order valence-corrected chi connectivity index (χ4v) is 2.14. The first-order valence-electron chi connectivity index (χ1n) is 6.84. The zero-order chi connectivity index (χ0) is 13.5. The number of aliphatic hydroxyl groups is 1. The van der Waals surface area contributed by atoms with Crippen LogP contribution in [0, 0.1) is 5.92 Å². The predicted molar refractivity (Wildman–Crippen MR) is 72.5 cm³/mol. The summed E-state index contributed by atoms with van der Waals surface area (Å²) in [5.74, 6) is 0.375. The third-order valence-corrected chi connectivity index (χ3v) is 3.54. The van der Waals surface area contributed by atoms with Crippen molar-refractivity contribution in [1.82, 2.24) is 15.1 Å². The molecule has 0 spiro atoms. The number of hydrogen-bond acceptors (Lipinski definition) is 3. The van der Waals surface area contributed by atoms with E-state index in [1.54, 1.807) is 0 Å². The van der Waals surface area contributed by atoms with E-state index in [2.05, 4.69) is 10.2 Å². The molecule has 1 atom stereocenters. The molecule has 0 aromatic heterocycles. The zero-order valence-electron chi connectivity index (χ0n) is 11.9. The number of piperidine rings is 1. The number of nitrogens with one attached hydrogen (secondary N) is 1.